The highest BCUT2D eigenvalue weighted by molar-refractivity contribution is 7.89. The van der Waals surface area contributed by atoms with E-state index >= 15 is 0 Å². The number of ether oxygens (including phenoxy) is 1. The molecule has 1 aliphatic heterocycles. The van der Waals surface area contributed by atoms with E-state index in [4.69, 9.17) is 4.74 Å². The fraction of sp³-hybridized carbons (Fsp3) is 0.818. The van der Waals surface area contributed by atoms with Crippen LogP contribution in [0, 0.1) is 0 Å². The summed E-state index contributed by atoms with van der Waals surface area (Å²) in [4.78, 5) is 0. The molecule has 0 bridgehead atoms. The van der Waals surface area contributed by atoms with Crippen LogP contribution in [0.4, 0.5) is 0 Å². The summed E-state index contributed by atoms with van der Waals surface area (Å²) in [6, 6.07) is 0.106. The van der Waals surface area contributed by atoms with E-state index in [1.54, 1.807) is 6.08 Å². The minimum Gasteiger partial charge on any atom is -0.380 e. The van der Waals surface area contributed by atoms with Gasteiger partial charge in [-0.2, -0.15) is 0 Å². The molecular weight excluding hydrogens is 240 g/mol. The fourth-order valence-electron chi connectivity index (χ4n) is 1.76. The topological polar surface area (TPSA) is 67.4 Å². The van der Waals surface area contributed by atoms with E-state index in [1.807, 2.05) is 0 Å². The van der Waals surface area contributed by atoms with Gasteiger partial charge < -0.3 is 10.1 Å². The van der Waals surface area contributed by atoms with Gasteiger partial charge >= 0.3 is 0 Å². The maximum absolute atomic E-state index is 11.7. The summed E-state index contributed by atoms with van der Waals surface area (Å²) in [5.41, 5.74) is 0. The summed E-state index contributed by atoms with van der Waals surface area (Å²) in [6.45, 7) is 5.84. The van der Waals surface area contributed by atoms with Gasteiger partial charge in [0.2, 0.25) is 10.0 Å². The SMILES string of the molecule is C=CCCOCCNS(=O)(=O)CC1CCCN1. The first-order chi connectivity index (χ1) is 8.14. The standard InChI is InChI=1S/C11H22N2O3S/c1-2-3-8-16-9-7-13-17(14,15)10-11-5-4-6-12-11/h2,11-13H,1,3-10H2. The van der Waals surface area contributed by atoms with Gasteiger partial charge in [0.25, 0.3) is 0 Å². The molecule has 6 heteroatoms. The van der Waals surface area contributed by atoms with Gasteiger partial charge in [0.1, 0.15) is 0 Å². The third-order valence-corrected chi connectivity index (χ3v) is 4.10. The molecular formula is C11H22N2O3S. The number of hydrogen-bond acceptors (Lipinski definition) is 4. The number of rotatable bonds is 9. The van der Waals surface area contributed by atoms with Crippen molar-refractivity contribution in [3.8, 4) is 0 Å². The lowest BCUT2D eigenvalue weighted by molar-refractivity contribution is 0.144. The first-order valence-electron chi connectivity index (χ1n) is 6.03. The Labute approximate surface area is 104 Å². The highest BCUT2D eigenvalue weighted by Crippen LogP contribution is 2.06. The van der Waals surface area contributed by atoms with Crippen LogP contribution in [0.1, 0.15) is 19.3 Å². The molecule has 5 nitrogen and oxygen atoms in total. The van der Waals surface area contributed by atoms with E-state index in [9.17, 15) is 8.42 Å². The predicted molar refractivity (Wildman–Crippen MR) is 68.4 cm³/mol. The summed E-state index contributed by atoms with van der Waals surface area (Å²) in [5.74, 6) is 0.166. The largest absolute Gasteiger partial charge is 0.380 e. The highest BCUT2D eigenvalue weighted by Gasteiger charge is 2.21. The van der Waals surface area contributed by atoms with Gasteiger partial charge in [0.05, 0.1) is 19.0 Å². The Morgan fingerprint density at radius 3 is 2.94 bits per heavy atom. The molecule has 17 heavy (non-hydrogen) atoms. The van der Waals surface area contributed by atoms with Gasteiger partial charge in [-0.05, 0) is 25.8 Å². The van der Waals surface area contributed by atoms with Crippen LogP contribution in [0.3, 0.4) is 0 Å². The average molecular weight is 262 g/mol. The van der Waals surface area contributed by atoms with Crippen molar-refractivity contribution in [2.75, 3.05) is 32.1 Å². The van der Waals surface area contributed by atoms with E-state index in [0.29, 0.717) is 19.8 Å². The van der Waals surface area contributed by atoms with Gasteiger partial charge in [-0.15, -0.1) is 6.58 Å². The smallest absolute Gasteiger partial charge is 0.213 e. The van der Waals surface area contributed by atoms with Gasteiger partial charge in [0, 0.05) is 12.6 Å². The Morgan fingerprint density at radius 2 is 2.29 bits per heavy atom. The lowest BCUT2D eigenvalue weighted by atomic mass is 10.3. The van der Waals surface area contributed by atoms with Crippen molar-refractivity contribution in [3.05, 3.63) is 12.7 Å². The van der Waals surface area contributed by atoms with Crippen LogP contribution in [-0.4, -0.2) is 46.5 Å². The zero-order valence-corrected chi connectivity index (χ0v) is 11.0. The highest BCUT2D eigenvalue weighted by atomic mass is 32.2. The molecule has 1 aliphatic rings. The summed E-state index contributed by atoms with van der Waals surface area (Å²) < 4.78 is 31.1. The van der Waals surface area contributed by atoms with Crippen LogP contribution in [0.25, 0.3) is 0 Å². The maximum atomic E-state index is 11.7. The van der Waals surface area contributed by atoms with Crippen molar-refractivity contribution in [1.82, 2.24) is 10.0 Å². The van der Waals surface area contributed by atoms with Gasteiger partial charge in [0.15, 0.2) is 0 Å². The molecule has 2 N–H and O–H groups in total. The summed E-state index contributed by atoms with van der Waals surface area (Å²) in [6.07, 6.45) is 4.57. The van der Waals surface area contributed by atoms with Gasteiger partial charge in [-0.25, -0.2) is 13.1 Å². The Morgan fingerprint density at radius 1 is 1.47 bits per heavy atom. The molecule has 100 valence electrons. The summed E-state index contributed by atoms with van der Waals surface area (Å²) in [7, 11) is -3.17. The van der Waals surface area contributed by atoms with Crippen molar-refractivity contribution in [2.45, 2.75) is 25.3 Å². The fourth-order valence-corrected chi connectivity index (χ4v) is 3.09. The van der Waals surface area contributed by atoms with Crippen LogP contribution >= 0.6 is 0 Å². The quantitative estimate of drug-likeness (QED) is 0.462. The maximum Gasteiger partial charge on any atom is 0.213 e. The molecule has 0 aliphatic carbocycles. The van der Waals surface area contributed by atoms with Crippen molar-refractivity contribution >= 4 is 10.0 Å². The van der Waals surface area contributed by atoms with Crippen LogP contribution in [0.5, 0.6) is 0 Å². The Balaban J connectivity index is 2.09. The first kappa shape index (κ1) is 14.6. The molecule has 1 unspecified atom stereocenters. The van der Waals surface area contributed by atoms with Crippen molar-refractivity contribution in [1.29, 1.82) is 0 Å². The second-order valence-electron chi connectivity index (χ2n) is 4.16. The second kappa shape index (κ2) is 7.81. The van der Waals surface area contributed by atoms with E-state index in [1.165, 1.54) is 0 Å². The van der Waals surface area contributed by atoms with Crippen molar-refractivity contribution < 1.29 is 13.2 Å². The third-order valence-electron chi connectivity index (χ3n) is 2.62. The van der Waals surface area contributed by atoms with Crippen molar-refractivity contribution in [3.63, 3.8) is 0 Å². The van der Waals surface area contributed by atoms with Gasteiger partial charge in [-0.3, -0.25) is 0 Å². The van der Waals surface area contributed by atoms with E-state index in [2.05, 4.69) is 16.6 Å². The van der Waals surface area contributed by atoms with Crippen molar-refractivity contribution in [2.24, 2.45) is 0 Å². The molecule has 0 amide bonds. The number of hydrogen-bond donors (Lipinski definition) is 2. The molecule has 1 rings (SSSR count). The second-order valence-corrected chi connectivity index (χ2v) is 6.01. The Bertz CT molecular complexity index is 311. The molecule has 1 saturated heterocycles. The Kier molecular flexibility index (Phi) is 6.72. The van der Waals surface area contributed by atoms with E-state index in [-0.39, 0.29) is 11.8 Å². The molecule has 1 heterocycles. The number of nitrogens with one attached hydrogen (secondary N) is 2. The predicted octanol–water partition coefficient (Wildman–Crippen LogP) is 0.251. The summed E-state index contributed by atoms with van der Waals surface area (Å²) in [5, 5.41) is 3.17. The lowest BCUT2D eigenvalue weighted by Gasteiger charge is -2.11. The minimum absolute atomic E-state index is 0.106. The third kappa shape index (κ3) is 6.78. The Hall–Kier alpha value is -0.430. The molecule has 0 aromatic rings. The summed E-state index contributed by atoms with van der Waals surface area (Å²) >= 11 is 0. The van der Waals surface area contributed by atoms with E-state index in [0.717, 1.165) is 25.8 Å². The average Bonchev–Trinajstić information content (AvgIpc) is 2.75. The van der Waals surface area contributed by atoms with Crippen LogP contribution in [0.2, 0.25) is 0 Å². The van der Waals surface area contributed by atoms with E-state index < -0.39 is 10.0 Å². The van der Waals surface area contributed by atoms with Crippen LogP contribution in [-0.2, 0) is 14.8 Å². The number of sulfonamides is 1. The normalized spacial score (nSPS) is 20.6. The molecule has 1 fully saturated rings. The monoisotopic (exact) mass is 262 g/mol. The molecule has 0 radical (unpaired) electrons. The van der Waals surface area contributed by atoms with Gasteiger partial charge in [-0.1, -0.05) is 6.08 Å². The molecule has 0 saturated carbocycles. The zero-order chi connectivity index (χ0) is 12.6. The molecule has 0 aromatic carbocycles. The molecule has 1 atom stereocenters. The minimum atomic E-state index is -3.17. The van der Waals surface area contributed by atoms with Crippen LogP contribution < -0.4 is 10.0 Å². The molecule has 0 spiro atoms. The lowest BCUT2D eigenvalue weighted by Crippen LogP contribution is -2.37. The molecule has 0 aromatic heterocycles. The van der Waals surface area contributed by atoms with Crippen LogP contribution in [0.15, 0.2) is 12.7 Å². The zero-order valence-electron chi connectivity index (χ0n) is 10.2. The first-order valence-corrected chi connectivity index (χ1v) is 7.68.